The number of carbonyl (C=O) groups is 9. The van der Waals surface area contributed by atoms with Crippen LogP contribution in [0.25, 0.3) is 0 Å². The number of ether oxygens (including phenoxy) is 1. The number of imide groups is 1. The summed E-state index contributed by atoms with van der Waals surface area (Å²) in [6.45, 7) is 11.3. The fourth-order valence-corrected chi connectivity index (χ4v) is 9.14. The van der Waals surface area contributed by atoms with Crippen molar-refractivity contribution in [2.24, 2.45) is 23.5 Å². The number of anilines is 1. The van der Waals surface area contributed by atoms with Crippen molar-refractivity contribution in [1.29, 1.82) is 0 Å². The highest BCUT2D eigenvalue weighted by molar-refractivity contribution is 7.81. The predicted molar refractivity (Wildman–Crippen MR) is 270 cm³/mol. The highest BCUT2D eigenvalue weighted by Crippen LogP contribution is 2.31. The van der Waals surface area contributed by atoms with Crippen LogP contribution in [-0.4, -0.2) is 128 Å². The van der Waals surface area contributed by atoms with Gasteiger partial charge in [-0.25, -0.2) is 4.98 Å². The van der Waals surface area contributed by atoms with Gasteiger partial charge in [-0.05, 0) is 81.0 Å². The minimum Gasteiger partial charge on any atom is -0.506 e. The summed E-state index contributed by atoms with van der Waals surface area (Å²) in [7, 11) is 1.74. The molecule has 1 saturated heterocycles. The number of hydrogen-bond acceptors (Lipinski definition) is 15. The van der Waals surface area contributed by atoms with Gasteiger partial charge in [-0.3, -0.25) is 48.1 Å². The van der Waals surface area contributed by atoms with Gasteiger partial charge in [-0.1, -0.05) is 47.1 Å². The number of rotatable bonds is 31. The first-order valence-corrected chi connectivity index (χ1v) is 25.8. The largest absolute Gasteiger partial charge is 0.506 e. The first kappa shape index (κ1) is 59.7. The monoisotopic (exact) mass is 1030 g/mol. The number of thiazole rings is 1. The summed E-state index contributed by atoms with van der Waals surface area (Å²) in [6, 6.07) is 2.55. The third-order valence-corrected chi connectivity index (χ3v) is 13.7. The van der Waals surface area contributed by atoms with Crippen LogP contribution in [-0.2, 0) is 49.5 Å². The molecule has 8 N–H and O–H groups in total. The van der Waals surface area contributed by atoms with Crippen LogP contribution in [0.5, 0.6) is 5.75 Å². The van der Waals surface area contributed by atoms with Crippen molar-refractivity contribution >= 4 is 82.9 Å². The van der Waals surface area contributed by atoms with Crippen molar-refractivity contribution in [3.05, 3.63) is 39.8 Å². The van der Waals surface area contributed by atoms with Crippen LogP contribution in [0.1, 0.15) is 146 Å². The molecule has 1 fully saturated rings. The van der Waals surface area contributed by atoms with Gasteiger partial charge in [-0.2, -0.15) is 12.6 Å². The summed E-state index contributed by atoms with van der Waals surface area (Å²) in [4.78, 5) is 122. The number of nitrogens with zero attached hydrogens (tertiary/aromatic N) is 3. The molecule has 7 amide bonds. The smallest absolute Gasteiger partial charge is 0.306 e. The van der Waals surface area contributed by atoms with Crippen molar-refractivity contribution in [3.63, 3.8) is 0 Å². The third kappa shape index (κ3) is 19.8. The van der Waals surface area contributed by atoms with Gasteiger partial charge >= 0.3 is 11.9 Å². The molecule has 0 radical (unpaired) electrons. The van der Waals surface area contributed by atoms with E-state index in [2.05, 4.69) is 38.9 Å². The molecule has 0 aliphatic carbocycles. The molecule has 1 aromatic carbocycles. The number of aromatic hydroxyl groups is 1. The quantitative estimate of drug-likeness (QED) is 0.0170. The lowest BCUT2D eigenvalue weighted by molar-refractivity contribution is -0.148. The molecule has 1 aliphatic rings. The number of amides is 7. The van der Waals surface area contributed by atoms with Crippen molar-refractivity contribution in [2.75, 3.05) is 32.0 Å². The Morgan fingerprint density at radius 2 is 1.70 bits per heavy atom. The molecule has 22 heteroatoms. The van der Waals surface area contributed by atoms with Crippen molar-refractivity contribution in [1.82, 2.24) is 30.7 Å². The number of phenolic OH excluding ortho intramolecular Hbond substituents is 1. The molecule has 394 valence electrons. The van der Waals surface area contributed by atoms with Gasteiger partial charge < -0.3 is 46.9 Å². The van der Waals surface area contributed by atoms with Crippen LogP contribution < -0.4 is 27.0 Å². The van der Waals surface area contributed by atoms with E-state index < -0.39 is 70.8 Å². The van der Waals surface area contributed by atoms with Crippen LogP contribution in [0, 0.1) is 17.8 Å². The Kier molecular flexibility index (Phi) is 24.9. The maximum Gasteiger partial charge on any atom is 0.306 e. The van der Waals surface area contributed by atoms with Gasteiger partial charge in [0.1, 0.15) is 22.5 Å². The van der Waals surface area contributed by atoms with Crippen LogP contribution in [0.4, 0.5) is 5.69 Å². The number of hydrogen-bond donors (Lipinski definition) is 8. The van der Waals surface area contributed by atoms with E-state index in [0.29, 0.717) is 42.8 Å². The van der Waals surface area contributed by atoms with Gasteiger partial charge in [-0.15, -0.1) is 11.3 Å². The van der Waals surface area contributed by atoms with Crippen molar-refractivity contribution in [2.45, 2.75) is 154 Å². The van der Waals surface area contributed by atoms with E-state index >= 15 is 0 Å². The second-order valence-electron chi connectivity index (χ2n) is 18.7. The van der Waals surface area contributed by atoms with E-state index in [9.17, 15) is 53.4 Å². The number of nitrogens with two attached hydrogens (primary N) is 1. The topological polar surface area (TPSA) is 297 Å². The standard InChI is InChI=1S/C49H74N8O12S2/c1-8-29(4)21-43(62)56(7)37(28(2)3)25-39(69-31(6)58)47-55-36(27-71-47)46(65)52-33(22-30(5)49(67)68)23-32-16-17-38(59)35(24-32)54-41(60)14-11-19-51-45(64)34(13-9-10-18-50)53-42(61)15-12-20-57-44(63)26-40(70)48(57)66/h16-17,24,27-30,33-34,37,39-40,59,70H,8-15,18-23,25-26,50H2,1-7H3,(H,51,64)(H,52,65)(H,53,61)(H,54,60)(H,67,68)/t29-,30?,33+,34-,37?,39+,40?/m0/s1. The van der Waals surface area contributed by atoms with Crippen molar-refractivity contribution in [3.8, 4) is 5.75 Å². The van der Waals surface area contributed by atoms with Crippen LogP contribution in [0.3, 0.4) is 0 Å². The number of carboxylic acid groups (broad SMARTS) is 1. The Balaban J connectivity index is 1.63. The summed E-state index contributed by atoms with van der Waals surface area (Å²) in [5, 5.41) is 32.7. The Hall–Kier alpha value is -5.61. The van der Waals surface area contributed by atoms with E-state index in [4.69, 9.17) is 10.5 Å². The number of benzene rings is 1. The van der Waals surface area contributed by atoms with Gasteiger partial charge in [0.2, 0.25) is 35.4 Å². The van der Waals surface area contributed by atoms with Crippen LogP contribution in [0.2, 0.25) is 0 Å². The summed E-state index contributed by atoms with van der Waals surface area (Å²) < 4.78 is 5.70. The molecular weight excluding hydrogens is 957 g/mol. The van der Waals surface area contributed by atoms with E-state index in [0.717, 1.165) is 22.7 Å². The van der Waals surface area contributed by atoms with Gasteiger partial charge in [0.15, 0.2) is 6.10 Å². The lowest BCUT2D eigenvalue weighted by Crippen LogP contribution is -2.47. The summed E-state index contributed by atoms with van der Waals surface area (Å²) >= 11 is 5.23. The van der Waals surface area contributed by atoms with Gasteiger partial charge in [0.25, 0.3) is 5.91 Å². The Morgan fingerprint density at radius 3 is 2.32 bits per heavy atom. The van der Waals surface area contributed by atoms with Gasteiger partial charge in [0.05, 0.1) is 16.9 Å². The number of nitrogens with one attached hydrogen (secondary N) is 4. The normalized spacial score (nSPS) is 16.1. The second kappa shape index (κ2) is 29.7. The zero-order valence-electron chi connectivity index (χ0n) is 42.0. The molecule has 1 aromatic heterocycles. The number of carboxylic acids is 1. The Morgan fingerprint density at radius 1 is 1.00 bits per heavy atom. The molecule has 71 heavy (non-hydrogen) atoms. The van der Waals surface area contributed by atoms with E-state index in [1.807, 2.05) is 27.7 Å². The molecule has 3 unspecified atom stereocenters. The molecule has 1 aliphatic heterocycles. The molecule has 2 aromatic rings. The maximum atomic E-state index is 13.8. The minimum absolute atomic E-state index is 0.00228. The highest BCUT2D eigenvalue weighted by Gasteiger charge is 2.36. The summed E-state index contributed by atoms with van der Waals surface area (Å²) in [5.41, 5.74) is 6.29. The molecule has 3 rings (SSSR count). The number of aliphatic carboxylic acids is 1. The van der Waals surface area contributed by atoms with Gasteiger partial charge in [0, 0.05) is 76.6 Å². The molecular formula is C49H74N8O12S2. The number of esters is 1. The van der Waals surface area contributed by atoms with Crippen LogP contribution in [0.15, 0.2) is 23.6 Å². The molecule has 20 nitrogen and oxygen atoms in total. The maximum absolute atomic E-state index is 13.8. The first-order valence-electron chi connectivity index (χ1n) is 24.4. The molecule has 2 heterocycles. The SMILES string of the molecule is CC[C@H](C)CC(=O)N(C)C(C[C@@H](OC(C)=O)c1nc(C(=O)N[C@@H](Cc2ccc(O)c(NC(=O)CCCNC(=O)[C@H](CCCCN)NC(=O)CCCN3C(=O)CC(S)C3=O)c2)CC(C)C(=O)O)cs1)C(C)C. The van der Waals surface area contributed by atoms with E-state index in [1.165, 1.54) is 31.4 Å². The lowest BCUT2D eigenvalue weighted by Gasteiger charge is -2.34. The fourth-order valence-electron chi connectivity index (χ4n) is 8.01. The summed E-state index contributed by atoms with van der Waals surface area (Å²) in [5.74, 6) is -5.23. The lowest BCUT2D eigenvalue weighted by atomic mass is 9.95. The van der Waals surface area contributed by atoms with Crippen molar-refractivity contribution < 1.29 is 58.1 Å². The zero-order valence-corrected chi connectivity index (χ0v) is 43.7. The van der Waals surface area contributed by atoms with E-state index in [-0.39, 0.29) is 111 Å². The number of aromatic nitrogens is 1. The Bertz CT molecular complexity index is 2170. The number of phenols is 1. The number of carbonyl (C=O) groups excluding carboxylic acids is 8. The fraction of sp³-hybridized carbons (Fsp3) is 0.633. The second-order valence-corrected chi connectivity index (χ2v) is 20.2. The molecule has 7 atom stereocenters. The number of unbranched alkanes of at least 4 members (excludes halogenated alkanes) is 1. The average molecular weight is 1030 g/mol. The predicted octanol–water partition coefficient (Wildman–Crippen LogP) is 4.50. The zero-order chi connectivity index (χ0) is 52.9. The number of thiol groups is 1. The third-order valence-electron chi connectivity index (χ3n) is 12.4. The molecule has 0 bridgehead atoms. The molecule has 0 spiro atoms. The molecule has 0 saturated carbocycles. The summed E-state index contributed by atoms with van der Waals surface area (Å²) in [6.07, 6.45) is 2.64. The highest BCUT2D eigenvalue weighted by atomic mass is 32.1. The van der Waals surface area contributed by atoms with E-state index in [1.54, 1.807) is 18.0 Å². The van der Waals surface area contributed by atoms with Crippen LogP contribution >= 0.6 is 24.0 Å². The Labute approximate surface area is 425 Å². The first-order chi connectivity index (χ1) is 33.5. The minimum atomic E-state index is -1.08. The number of likely N-dealkylation sites (tertiary alicyclic amines) is 1. The average Bonchev–Trinajstić information content (AvgIpc) is 3.90.